The number of aliphatic hydroxyl groups is 1. The van der Waals surface area contributed by atoms with Crippen molar-refractivity contribution in [2.75, 3.05) is 7.11 Å². The van der Waals surface area contributed by atoms with Crippen LogP contribution < -0.4 is 4.74 Å². The van der Waals surface area contributed by atoms with Crippen LogP contribution in [0.25, 0.3) is 5.57 Å². The molecule has 29 heavy (non-hydrogen) atoms. The van der Waals surface area contributed by atoms with Gasteiger partial charge in [-0.3, -0.25) is 9.78 Å². The van der Waals surface area contributed by atoms with E-state index in [0.717, 1.165) is 5.56 Å². The molecule has 0 aliphatic carbocycles. The summed E-state index contributed by atoms with van der Waals surface area (Å²) < 4.78 is 19.9. The van der Waals surface area contributed by atoms with Crippen molar-refractivity contribution in [2.45, 2.75) is 12.6 Å². The summed E-state index contributed by atoms with van der Waals surface area (Å²) in [6.45, 7) is 0.190. The van der Waals surface area contributed by atoms with Gasteiger partial charge in [-0.05, 0) is 35.4 Å². The van der Waals surface area contributed by atoms with Crippen LogP contribution in [0.2, 0.25) is 0 Å². The molecule has 146 valence electrons. The first-order valence-electron chi connectivity index (χ1n) is 9.12. The van der Waals surface area contributed by atoms with Gasteiger partial charge in [0.05, 0.1) is 13.2 Å². The Kier molecular flexibility index (Phi) is 4.99. The average Bonchev–Trinajstić information content (AvgIpc) is 3.00. The Labute approximate surface area is 167 Å². The number of aromatic nitrogens is 1. The van der Waals surface area contributed by atoms with Crippen LogP contribution in [0.3, 0.4) is 0 Å². The van der Waals surface area contributed by atoms with E-state index in [2.05, 4.69) is 4.98 Å². The minimum Gasteiger partial charge on any atom is -0.503 e. The standard InChI is InChI=1S/C23H19FN2O3/c1-29-17-10-8-16(9-11-17)20-21(18-6-2-3-7-19(18)24)26(23(28)22(20)27)14-15-5-4-12-25-13-15/h2-13,21,27H,14H2,1H3/t21-/m1/s1. The average molecular weight is 390 g/mol. The molecule has 4 rings (SSSR count). The largest absolute Gasteiger partial charge is 0.503 e. The molecule has 6 heteroatoms. The smallest absolute Gasteiger partial charge is 0.290 e. The van der Waals surface area contributed by atoms with Gasteiger partial charge in [-0.2, -0.15) is 0 Å². The zero-order valence-electron chi connectivity index (χ0n) is 15.7. The van der Waals surface area contributed by atoms with Gasteiger partial charge in [-0.15, -0.1) is 0 Å². The van der Waals surface area contributed by atoms with E-state index in [1.165, 1.54) is 11.0 Å². The Morgan fingerprint density at radius 2 is 1.86 bits per heavy atom. The highest BCUT2D eigenvalue weighted by atomic mass is 19.1. The third-order valence-corrected chi connectivity index (χ3v) is 4.98. The Bertz CT molecular complexity index is 1060. The maximum absolute atomic E-state index is 14.7. The van der Waals surface area contributed by atoms with E-state index in [9.17, 15) is 14.3 Å². The molecule has 0 spiro atoms. The van der Waals surface area contributed by atoms with E-state index in [1.807, 2.05) is 6.07 Å². The summed E-state index contributed by atoms with van der Waals surface area (Å²) in [6.07, 6.45) is 3.29. The number of carbonyl (C=O) groups is 1. The van der Waals surface area contributed by atoms with Crippen molar-refractivity contribution in [3.8, 4) is 5.75 Å². The van der Waals surface area contributed by atoms with E-state index in [0.29, 0.717) is 22.4 Å². The van der Waals surface area contributed by atoms with Gasteiger partial charge in [-0.25, -0.2) is 4.39 Å². The Hall–Kier alpha value is -3.67. The molecule has 0 radical (unpaired) electrons. The van der Waals surface area contributed by atoms with Gasteiger partial charge in [0.1, 0.15) is 11.6 Å². The van der Waals surface area contributed by atoms with Crippen LogP contribution in [0.15, 0.2) is 78.8 Å². The van der Waals surface area contributed by atoms with Gasteiger partial charge in [0.15, 0.2) is 5.76 Å². The summed E-state index contributed by atoms with van der Waals surface area (Å²) in [5, 5.41) is 10.7. The summed E-state index contributed by atoms with van der Waals surface area (Å²) in [7, 11) is 1.56. The molecular weight excluding hydrogens is 371 g/mol. The number of hydrogen-bond acceptors (Lipinski definition) is 4. The molecule has 1 N–H and O–H groups in total. The van der Waals surface area contributed by atoms with Crippen molar-refractivity contribution in [1.29, 1.82) is 0 Å². The van der Waals surface area contributed by atoms with Crippen molar-refractivity contribution in [2.24, 2.45) is 0 Å². The van der Waals surface area contributed by atoms with Gasteiger partial charge in [0.25, 0.3) is 5.91 Å². The van der Waals surface area contributed by atoms with Gasteiger partial charge < -0.3 is 14.7 Å². The molecule has 0 saturated carbocycles. The summed E-state index contributed by atoms with van der Waals surface area (Å²) >= 11 is 0. The van der Waals surface area contributed by atoms with E-state index < -0.39 is 17.8 Å². The topological polar surface area (TPSA) is 62.7 Å². The summed E-state index contributed by atoms with van der Waals surface area (Å²) in [6, 6.07) is 16.1. The van der Waals surface area contributed by atoms with Crippen molar-refractivity contribution in [3.63, 3.8) is 0 Å². The first-order chi connectivity index (χ1) is 14.1. The van der Waals surface area contributed by atoms with Gasteiger partial charge >= 0.3 is 0 Å². The molecule has 1 aromatic heterocycles. The van der Waals surface area contributed by atoms with Crippen LogP contribution in [-0.4, -0.2) is 28.0 Å². The molecule has 1 amide bonds. The molecular formula is C23H19FN2O3. The number of amides is 1. The number of rotatable bonds is 5. The Balaban J connectivity index is 1.83. The van der Waals surface area contributed by atoms with Gasteiger partial charge in [0, 0.05) is 30.1 Å². The summed E-state index contributed by atoms with van der Waals surface area (Å²) in [4.78, 5) is 18.5. The third kappa shape index (κ3) is 3.45. The molecule has 2 heterocycles. The Morgan fingerprint density at radius 1 is 1.10 bits per heavy atom. The quantitative estimate of drug-likeness (QED) is 0.706. The minimum absolute atomic E-state index is 0.190. The highest BCUT2D eigenvalue weighted by Gasteiger charge is 2.42. The SMILES string of the molecule is COc1ccc(C2=C(O)C(=O)N(Cc3cccnc3)[C@@H]2c2ccccc2F)cc1. The van der Waals surface area contributed by atoms with Gasteiger partial charge in [-0.1, -0.05) is 36.4 Å². The molecule has 1 aliphatic heterocycles. The predicted octanol–water partition coefficient (Wildman–Crippen LogP) is 4.28. The lowest BCUT2D eigenvalue weighted by atomic mass is 9.93. The second-order valence-electron chi connectivity index (χ2n) is 6.71. The van der Waals surface area contributed by atoms with E-state index in [4.69, 9.17) is 4.74 Å². The molecule has 3 aromatic rings. The number of aliphatic hydroxyl groups excluding tert-OH is 1. The van der Waals surface area contributed by atoms with Crippen molar-refractivity contribution >= 4 is 11.5 Å². The molecule has 5 nitrogen and oxygen atoms in total. The first-order valence-corrected chi connectivity index (χ1v) is 9.12. The second-order valence-corrected chi connectivity index (χ2v) is 6.71. The molecule has 0 saturated heterocycles. The zero-order chi connectivity index (χ0) is 20.4. The van der Waals surface area contributed by atoms with Crippen LogP contribution in [0.1, 0.15) is 22.7 Å². The lowest BCUT2D eigenvalue weighted by molar-refractivity contribution is -0.130. The molecule has 2 aromatic carbocycles. The summed E-state index contributed by atoms with van der Waals surface area (Å²) in [5.74, 6) is -0.727. The van der Waals surface area contributed by atoms with Crippen LogP contribution in [0, 0.1) is 5.82 Å². The maximum Gasteiger partial charge on any atom is 0.290 e. The van der Waals surface area contributed by atoms with Crippen molar-refractivity contribution in [3.05, 3.63) is 101 Å². The fourth-order valence-electron chi connectivity index (χ4n) is 3.59. The van der Waals surface area contributed by atoms with Crippen molar-refractivity contribution in [1.82, 2.24) is 9.88 Å². The zero-order valence-corrected chi connectivity index (χ0v) is 15.7. The van der Waals surface area contributed by atoms with Crippen molar-refractivity contribution < 1.29 is 19.0 Å². The van der Waals surface area contributed by atoms with Crippen LogP contribution in [-0.2, 0) is 11.3 Å². The van der Waals surface area contributed by atoms with E-state index >= 15 is 0 Å². The molecule has 0 unspecified atom stereocenters. The predicted molar refractivity (Wildman–Crippen MR) is 106 cm³/mol. The number of carbonyl (C=O) groups excluding carboxylic acids is 1. The number of pyridine rings is 1. The fraction of sp³-hybridized carbons (Fsp3) is 0.130. The normalized spacial score (nSPS) is 16.4. The molecule has 0 bridgehead atoms. The van der Waals surface area contributed by atoms with Gasteiger partial charge in [0.2, 0.25) is 0 Å². The highest BCUT2D eigenvalue weighted by Crippen LogP contribution is 2.44. The Morgan fingerprint density at radius 3 is 2.52 bits per heavy atom. The number of ether oxygens (including phenoxy) is 1. The molecule has 0 fully saturated rings. The number of benzene rings is 2. The maximum atomic E-state index is 14.7. The number of halogens is 1. The van der Waals surface area contributed by atoms with E-state index in [-0.39, 0.29) is 12.3 Å². The van der Waals surface area contributed by atoms with Crippen LogP contribution in [0.4, 0.5) is 4.39 Å². The summed E-state index contributed by atoms with van der Waals surface area (Å²) in [5.41, 5.74) is 2.09. The lowest BCUT2D eigenvalue weighted by Crippen LogP contribution is -2.30. The monoisotopic (exact) mass is 390 g/mol. The number of hydrogen-bond donors (Lipinski definition) is 1. The highest BCUT2D eigenvalue weighted by molar-refractivity contribution is 6.05. The van der Waals surface area contributed by atoms with Crippen LogP contribution >= 0.6 is 0 Å². The lowest BCUT2D eigenvalue weighted by Gasteiger charge is -2.27. The third-order valence-electron chi connectivity index (χ3n) is 4.98. The van der Waals surface area contributed by atoms with Crippen LogP contribution in [0.5, 0.6) is 5.75 Å². The van der Waals surface area contributed by atoms with E-state index in [1.54, 1.807) is 68.0 Å². The number of nitrogens with zero attached hydrogens (tertiary/aromatic N) is 2. The first kappa shape index (κ1) is 18.7. The fourth-order valence-corrected chi connectivity index (χ4v) is 3.59. The molecule has 1 atom stereocenters. The molecule has 1 aliphatic rings. The minimum atomic E-state index is -0.766. The second kappa shape index (κ2) is 7.75. The number of methoxy groups -OCH3 is 1.